The molecule has 0 saturated carbocycles. The van der Waals surface area contributed by atoms with E-state index in [9.17, 15) is 14.7 Å². The van der Waals surface area contributed by atoms with Crippen molar-refractivity contribution < 1.29 is 24.2 Å². The molecule has 1 amide bonds. The van der Waals surface area contributed by atoms with E-state index in [1.54, 1.807) is 45.0 Å². The van der Waals surface area contributed by atoms with E-state index in [1.807, 2.05) is 0 Å². The molecule has 0 bridgehead atoms. The molecule has 110 valence electrons. The number of nitrogens with one attached hydrogen (secondary N) is 1. The average molecular weight is 281 g/mol. The van der Waals surface area contributed by atoms with Gasteiger partial charge in [0.2, 0.25) is 0 Å². The van der Waals surface area contributed by atoms with E-state index in [1.165, 1.54) is 7.11 Å². The minimum atomic E-state index is -1.24. The van der Waals surface area contributed by atoms with Gasteiger partial charge in [-0.25, -0.2) is 9.59 Å². The van der Waals surface area contributed by atoms with Crippen LogP contribution in [0, 0.1) is 0 Å². The summed E-state index contributed by atoms with van der Waals surface area (Å²) in [7, 11) is 1.44. The van der Waals surface area contributed by atoms with E-state index in [2.05, 4.69) is 5.32 Å². The van der Waals surface area contributed by atoms with E-state index < -0.39 is 23.7 Å². The summed E-state index contributed by atoms with van der Waals surface area (Å²) in [4.78, 5) is 23.1. The number of methoxy groups -OCH3 is 1. The van der Waals surface area contributed by atoms with Crippen LogP contribution >= 0.6 is 0 Å². The number of para-hydroxylation sites is 1. The lowest BCUT2D eigenvalue weighted by Crippen LogP contribution is -2.38. The fourth-order valence-electron chi connectivity index (χ4n) is 1.60. The Labute approximate surface area is 117 Å². The van der Waals surface area contributed by atoms with Crippen LogP contribution in [0.15, 0.2) is 24.3 Å². The third-order valence-electron chi connectivity index (χ3n) is 2.36. The van der Waals surface area contributed by atoms with Gasteiger partial charge in [-0.15, -0.1) is 0 Å². The van der Waals surface area contributed by atoms with E-state index in [4.69, 9.17) is 9.47 Å². The van der Waals surface area contributed by atoms with Crippen molar-refractivity contribution in [2.24, 2.45) is 0 Å². The normalized spacial score (nSPS) is 12.4. The molecule has 1 rings (SSSR count). The topological polar surface area (TPSA) is 84.9 Å². The maximum absolute atomic E-state index is 11.7. The van der Waals surface area contributed by atoms with Gasteiger partial charge in [-0.2, -0.15) is 0 Å². The quantitative estimate of drug-likeness (QED) is 0.884. The predicted octanol–water partition coefficient (Wildman–Crippen LogP) is 2.35. The van der Waals surface area contributed by atoms with Gasteiger partial charge in [-0.1, -0.05) is 18.2 Å². The van der Waals surface area contributed by atoms with Crippen LogP contribution in [0.5, 0.6) is 5.75 Å². The number of aliphatic carboxylic acids is 1. The van der Waals surface area contributed by atoms with Gasteiger partial charge < -0.3 is 19.9 Å². The van der Waals surface area contributed by atoms with Crippen molar-refractivity contribution in [2.45, 2.75) is 32.4 Å². The van der Waals surface area contributed by atoms with Gasteiger partial charge in [0.15, 0.2) is 6.04 Å². The molecule has 0 fully saturated rings. The molecule has 6 nitrogen and oxygen atoms in total. The van der Waals surface area contributed by atoms with Crippen molar-refractivity contribution >= 4 is 12.1 Å². The molecular formula is C14H19NO5. The molecule has 0 aliphatic rings. The molecule has 6 heteroatoms. The van der Waals surface area contributed by atoms with Gasteiger partial charge in [0, 0.05) is 5.56 Å². The highest BCUT2D eigenvalue weighted by atomic mass is 16.6. The Bertz CT molecular complexity index is 493. The third-order valence-corrected chi connectivity index (χ3v) is 2.36. The van der Waals surface area contributed by atoms with Gasteiger partial charge >= 0.3 is 12.1 Å². The highest BCUT2D eigenvalue weighted by Crippen LogP contribution is 2.25. The molecule has 0 saturated heterocycles. The summed E-state index contributed by atoms with van der Waals surface area (Å²) in [5, 5.41) is 11.6. The second-order valence-corrected chi connectivity index (χ2v) is 5.16. The zero-order valence-electron chi connectivity index (χ0n) is 12.0. The van der Waals surface area contributed by atoms with Crippen LogP contribution in [0.2, 0.25) is 0 Å². The molecule has 0 spiro atoms. The molecule has 2 N–H and O–H groups in total. The van der Waals surface area contributed by atoms with Crippen LogP contribution in [0.3, 0.4) is 0 Å². The number of benzene rings is 1. The first kappa shape index (κ1) is 15.8. The van der Waals surface area contributed by atoms with Crippen molar-refractivity contribution in [1.29, 1.82) is 0 Å². The highest BCUT2D eigenvalue weighted by molar-refractivity contribution is 5.82. The zero-order chi connectivity index (χ0) is 15.3. The molecule has 0 radical (unpaired) electrons. The van der Waals surface area contributed by atoms with Crippen LogP contribution in [0.1, 0.15) is 32.4 Å². The Morgan fingerprint density at radius 1 is 1.25 bits per heavy atom. The lowest BCUT2D eigenvalue weighted by molar-refractivity contribution is -0.139. The third kappa shape index (κ3) is 4.46. The van der Waals surface area contributed by atoms with Crippen molar-refractivity contribution in [2.75, 3.05) is 7.11 Å². The van der Waals surface area contributed by atoms with Crippen LogP contribution in [0.4, 0.5) is 4.79 Å². The molecule has 1 atom stereocenters. The highest BCUT2D eigenvalue weighted by Gasteiger charge is 2.27. The molecule has 0 unspecified atom stereocenters. The van der Waals surface area contributed by atoms with Gasteiger partial charge in [0.05, 0.1) is 7.11 Å². The summed E-state index contributed by atoms with van der Waals surface area (Å²) in [6.45, 7) is 5.10. The molecule has 0 heterocycles. The maximum atomic E-state index is 11.7. The summed E-state index contributed by atoms with van der Waals surface area (Å²) in [6, 6.07) is 5.36. The number of hydrogen-bond donors (Lipinski definition) is 2. The number of alkyl carbamates (subject to hydrolysis) is 1. The van der Waals surface area contributed by atoms with Gasteiger partial charge in [-0.3, -0.25) is 0 Å². The lowest BCUT2D eigenvalue weighted by Gasteiger charge is -2.22. The number of carbonyl (C=O) groups excluding carboxylic acids is 1. The van der Waals surface area contributed by atoms with E-state index >= 15 is 0 Å². The number of amides is 1. The standard InChI is InChI=1S/C14H19NO5/c1-14(2,3)20-13(18)15-11(12(16)17)9-7-5-6-8-10(9)19-4/h5-8,11H,1-4H3,(H,15,18)(H,16,17)/t11-/m0/s1. The van der Waals surface area contributed by atoms with E-state index in [0.29, 0.717) is 11.3 Å². The summed E-state index contributed by atoms with van der Waals surface area (Å²) in [5.41, 5.74) is -0.346. The van der Waals surface area contributed by atoms with Gasteiger partial charge in [-0.05, 0) is 26.8 Å². The number of carbonyl (C=O) groups is 2. The molecule has 1 aromatic carbocycles. The molecule has 20 heavy (non-hydrogen) atoms. The Hall–Kier alpha value is -2.24. The van der Waals surface area contributed by atoms with Crippen LogP contribution in [-0.4, -0.2) is 29.9 Å². The fourth-order valence-corrected chi connectivity index (χ4v) is 1.60. The first-order valence-corrected chi connectivity index (χ1v) is 6.10. The van der Waals surface area contributed by atoms with Crippen LogP contribution in [0.25, 0.3) is 0 Å². The van der Waals surface area contributed by atoms with Crippen LogP contribution in [-0.2, 0) is 9.53 Å². The van der Waals surface area contributed by atoms with Gasteiger partial charge in [0.25, 0.3) is 0 Å². The second kappa shape index (κ2) is 6.27. The van der Waals surface area contributed by atoms with Crippen LogP contribution < -0.4 is 10.1 Å². The van der Waals surface area contributed by atoms with Crippen molar-refractivity contribution in [3.8, 4) is 5.75 Å². The van der Waals surface area contributed by atoms with Crippen molar-refractivity contribution in [3.05, 3.63) is 29.8 Å². The Morgan fingerprint density at radius 2 is 1.85 bits per heavy atom. The first-order valence-electron chi connectivity index (χ1n) is 6.10. The minimum Gasteiger partial charge on any atom is -0.496 e. The number of rotatable bonds is 4. The fraction of sp³-hybridized carbons (Fsp3) is 0.429. The molecule has 0 aliphatic carbocycles. The van der Waals surface area contributed by atoms with E-state index in [-0.39, 0.29) is 0 Å². The van der Waals surface area contributed by atoms with Gasteiger partial charge in [0.1, 0.15) is 11.4 Å². The van der Waals surface area contributed by atoms with Crippen molar-refractivity contribution in [3.63, 3.8) is 0 Å². The summed E-state index contributed by atoms with van der Waals surface area (Å²) in [6.07, 6.45) is -0.796. The number of carboxylic acids is 1. The summed E-state index contributed by atoms with van der Waals surface area (Å²) >= 11 is 0. The molecule has 1 aromatic rings. The molecule has 0 aromatic heterocycles. The monoisotopic (exact) mass is 281 g/mol. The Kier molecular flexibility index (Phi) is 4.96. The minimum absolute atomic E-state index is 0.355. The number of carboxylic acid groups (broad SMARTS) is 1. The largest absolute Gasteiger partial charge is 0.496 e. The summed E-state index contributed by atoms with van der Waals surface area (Å²) < 4.78 is 10.2. The second-order valence-electron chi connectivity index (χ2n) is 5.16. The first-order chi connectivity index (χ1) is 9.24. The Balaban J connectivity index is 2.96. The maximum Gasteiger partial charge on any atom is 0.408 e. The molecule has 0 aliphatic heterocycles. The van der Waals surface area contributed by atoms with Crippen molar-refractivity contribution in [1.82, 2.24) is 5.32 Å². The molecular weight excluding hydrogens is 262 g/mol. The number of ether oxygens (including phenoxy) is 2. The predicted molar refractivity (Wildman–Crippen MR) is 72.7 cm³/mol. The average Bonchev–Trinajstić information content (AvgIpc) is 2.33. The van der Waals surface area contributed by atoms with E-state index in [0.717, 1.165) is 0 Å². The Morgan fingerprint density at radius 3 is 2.35 bits per heavy atom. The number of hydrogen-bond acceptors (Lipinski definition) is 4. The zero-order valence-corrected chi connectivity index (χ0v) is 12.0. The summed E-state index contributed by atoms with van der Waals surface area (Å²) in [5.74, 6) is -0.809. The lowest BCUT2D eigenvalue weighted by atomic mass is 10.1. The smallest absolute Gasteiger partial charge is 0.408 e. The SMILES string of the molecule is COc1ccccc1[C@H](NC(=O)OC(C)(C)C)C(=O)O.